The van der Waals surface area contributed by atoms with Crippen LogP contribution in [0, 0.1) is 10.1 Å². The zero-order chi connectivity index (χ0) is 29.9. The van der Waals surface area contributed by atoms with Crippen LogP contribution in [0.2, 0.25) is 0 Å². The van der Waals surface area contributed by atoms with Crippen LogP contribution in [0.3, 0.4) is 0 Å². The first-order valence-corrected chi connectivity index (χ1v) is 15.3. The Morgan fingerprint density at radius 1 is 0.595 bits per heavy atom. The lowest BCUT2D eigenvalue weighted by Crippen LogP contribution is -2.03. The third kappa shape index (κ3) is 5.53. The van der Waals surface area contributed by atoms with Gasteiger partial charge in [0.1, 0.15) is 0 Å². The molecule has 210 valence electrons. The molecule has 0 bridgehead atoms. The molecule has 2 heterocycles. The highest BCUT2D eigenvalue weighted by Crippen LogP contribution is 2.29. The van der Waals surface area contributed by atoms with Crippen LogP contribution in [0.25, 0.3) is 21.5 Å². The number of nitro groups is 1. The number of aromatic nitrogens is 2. The van der Waals surface area contributed by atoms with Crippen LogP contribution >= 0.6 is 0 Å². The van der Waals surface area contributed by atoms with E-state index in [4.69, 9.17) is 5.73 Å². The summed E-state index contributed by atoms with van der Waals surface area (Å²) in [4.78, 5) is 18.7. The molecule has 6 aromatic rings. The van der Waals surface area contributed by atoms with Gasteiger partial charge in [0.2, 0.25) is 19.7 Å². The van der Waals surface area contributed by atoms with E-state index in [2.05, 4.69) is 9.97 Å². The van der Waals surface area contributed by atoms with Crippen molar-refractivity contribution in [2.45, 2.75) is 19.6 Å². The van der Waals surface area contributed by atoms with E-state index in [0.29, 0.717) is 21.8 Å². The van der Waals surface area contributed by atoms with Crippen LogP contribution in [-0.2, 0) is 19.7 Å². The van der Waals surface area contributed by atoms with E-state index in [1.165, 1.54) is 48.7 Å². The molecule has 4 aromatic carbocycles. The topological polar surface area (TPSA) is 163 Å². The summed E-state index contributed by atoms with van der Waals surface area (Å²) < 4.78 is 50.9. The van der Waals surface area contributed by atoms with Crippen molar-refractivity contribution in [3.8, 4) is 0 Å². The van der Waals surface area contributed by atoms with E-state index in [1.54, 1.807) is 67.1 Å². The Morgan fingerprint density at radius 3 is 1.45 bits per heavy atom. The molecule has 0 atom stereocenters. The smallest absolute Gasteiger partial charge is 0.269 e. The maximum Gasteiger partial charge on any atom is 0.269 e. The van der Waals surface area contributed by atoms with E-state index in [1.807, 2.05) is 6.07 Å². The van der Waals surface area contributed by atoms with Crippen LogP contribution in [0.5, 0.6) is 0 Å². The number of nitrogen functional groups attached to an aromatic ring is 1. The molecule has 10 nitrogen and oxygen atoms in total. The van der Waals surface area contributed by atoms with Gasteiger partial charge in [0.15, 0.2) is 0 Å². The molecule has 0 aliphatic carbocycles. The highest BCUT2D eigenvalue weighted by atomic mass is 32.2. The highest BCUT2D eigenvalue weighted by Gasteiger charge is 2.22. The number of benzene rings is 4. The van der Waals surface area contributed by atoms with Gasteiger partial charge < -0.3 is 5.73 Å². The van der Waals surface area contributed by atoms with Crippen LogP contribution in [0.1, 0.15) is 0 Å². The molecule has 6 rings (SSSR count). The number of anilines is 1. The fourth-order valence-corrected chi connectivity index (χ4v) is 7.27. The van der Waals surface area contributed by atoms with E-state index in [9.17, 15) is 26.9 Å². The molecule has 12 heteroatoms. The van der Waals surface area contributed by atoms with Gasteiger partial charge in [-0.1, -0.05) is 24.3 Å². The quantitative estimate of drug-likeness (QED) is 0.151. The van der Waals surface area contributed by atoms with Gasteiger partial charge in [-0.15, -0.1) is 0 Å². The average Bonchev–Trinajstić information content (AvgIpc) is 3.01. The first-order chi connectivity index (χ1) is 20.1. The highest BCUT2D eigenvalue weighted by molar-refractivity contribution is 7.92. The predicted octanol–water partition coefficient (Wildman–Crippen LogP) is 5.63. The summed E-state index contributed by atoms with van der Waals surface area (Å²) in [5.74, 6) is 0. The number of pyridine rings is 2. The van der Waals surface area contributed by atoms with Gasteiger partial charge in [-0.05, 0) is 60.7 Å². The molecule has 0 unspecified atom stereocenters. The number of sulfone groups is 2. The summed E-state index contributed by atoms with van der Waals surface area (Å²) in [7, 11) is -7.32. The maximum absolute atomic E-state index is 12.7. The van der Waals surface area contributed by atoms with Crippen molar-refractivity contribution in [1.82, 2.24) is 9.97 Å². The number of nitro benzene ring substituents is 1. The van der Waals surface area contributed by atoms with E-state index < -0.39 is 24.6 Å². The fourth-order valence-electron chi connectivity index (χ4n) is 4.30. The molecule has 0 aliphatic heterocycles. The van der Waals surface area contributed by atoms with Crippen molar-refractivity contribution in [2.24, 2.45) is 0 Å². The van der Waals surface area contributed by atoms with Crippen molar-refractivity contribution in [2.75, 3.05) is 5.73 Å². The van der Waals surface area contributed by atoms with Crippen LogP contribution < -0.4 is 5.73 Å². The number of fused-ring (bicyclic) bond motifs is 2. The van der Waals surface area contributed by atoms with Crippen molar-refractivity contribution in [3.63, 3.8) is 0 Å². The molecule has 2 aromatic heterocycles. The molecule has 0 radical (unpaired) electrons. The van der Waals surface area contributed by atoms with Crippen molar-refractivity contribution >= 4 is 52.6 Å². The largest absolute Gasteiger partial charge is 0.399 e. The Hall–Kier alpha value is -5.20. The van der Waals surface area contributed by atoms with Gasteiger partial charge >= 0.3 is 0 Å². The standard InChI is InChI=1S/C15H10N2O4S.C15H12N2O2S/c18-17(19)12-4-6-13(7-5-12)22(20,21)15-3-1-2-11-10-16-9-8-14(11)15;16-12-4-6-13(7-5-12)20(18,19)15-3-1-2-11-10-17-9-8-14(11)15/h1-10H;1-10H,16H2. The Morgan fingerprint density at radius 2 is 1.02 bits per heavy atom. The zero-order valence-corrected chi connectivity index (χ0v) is 23.4. The zero-order valence-electron chi connectivity index (χ0n) is 21.7. The maximum atomic E-state index is 12.7. The number of nitrogens with zero attached hydrogens (tertiary/aromatic N) is 3. The number of nitrogens with two attached hydrogens (primary N) is 1. The van der Waals surface area contributed by atoms with Gasteiger partial charge in [-0.2, -0.15) is 0 Å². The van der Waals surface area contributed by atoms with Gasteiger partial charge in [-0.25, -0.2) is 16.8 Å². The summed E-state index contributed by atoms with van der Waals surface area (Å²) in [6.45, 7) is 0. The second-order valence-electron chi connectivity index (χ2n) is 9.03. The van der Waals surface area contributed by atoms with Gasteiger partial charge in [0.25, 0.3) is 5.69 Å². The Balaban J connectivity index is 0.000000169. The molecule has 42 heavy (non-hydrogen) atoms. The van der Waals surface area contributed by atoms with Crippen LogP contribution in [-0.4, -0.2) is 31.7 Å². The summed E-state index contributed by atoms with van der Waals surface area (Å²) >= 11 is 0. The molecule has 0 aliphatic rings. The Kier molecular flexibility index (Phi) is 7.66. The summed E-state index contributed by atoms with van der Waals surface area (Å²) in [5.41, 5.74) is 5.98. The molecule has 2 N–H and O–H groups in total. The van der Waals surface area contributed by atoms with E-state index in [0.717, 1.165) is 5.39 Å². The first-order valence-electron chi connectivity index (χ1n) is 12.3. The van der Waals surface area contributed by atoms with Crippen molar-refractivity contribution < 1.29 is 21.8 Å². The Labute approximate surface area is 241 Å². The van der Waals surface area contributed by atoms with Crippen LogP contribution in [0.15, 0.2) is 141 Å². The molecular formula is C30H22N4O6S2. The second-order valence-corrected chi connectivity index (χ2v) is 12.9. The summed E-state index contributed by atoms with van der Waals surface area (Å²) in [6, 6.07) is 24.5. The van der Waals surface area contributed by atoms with Gasteiger partial charge in [0.05, 0.1) is 24.5 Å². The summed E-state index contributed by atoms with van der Waals surface area (Å²) in [5, 5.41) is 13.4. The average molecular weight is 599 g/mol. The van der Waals surface area contributed by atoms with E-state index >= 15 is 0 Å². The monoisotopic (exact) mass is 598 g/mol. The molecule has 0 saturated carbocycles. The number of hydrogen-bond acceptors (Lipinski definition) is 9. The van der Waals surface area contributed by atoms with Gasteiger partial charge in [0, 0.05) is 64.2 Å². The lowest BCUT2D eigenvalue weighted by Gasteiger charge is -2.08. The second kappa shape index (κ2) is 11.4. The third-order valence-corrected chi connectivity index (χ3v) is 10.1. The predicted molar refractivity (Wildman–Crippen MR) is 158 cm³/mol. The lowest BCUT2D eigenvalue weighted by molar-refractivity contribution is -0.384. The molecule has 0 spiro atoms. The fraction of sp³-hybridized carbons (Fsp3) is 0. The third-order valence-electron chi connectivity index (χ3n) is 6.41. The molecular weight excluding hydrogens is 576 g/mol. The van der Waals surface area contributed by atoms with Crippen molar-refractivity contribution in [3.05, 3.63) is 132 Å². The number of non-ortho nitro benzene ring substituents is 1. The van der Waals surface area contributed by atoms with E-state index in [-0.39, 0.29) is 25.3 Å². The minimum absolute atomic E-state index is 0.0161. The molecule has 0 saturated heterocycles. The van der Waals surface area contributed by atoms with Crippen LogP contribution in [0.4, 0.5) is 11.4 Å². The molecule has 0 fully saturated rings. The lowest BCUT2D eigenvalue weighted by atomic mass is 10.2. The normalized spacial score (nSPS) is 11.5. The number of rotatable bonds is 5. The number of hydrogen-bond donors (Lipinski definition) is 1. The van der Waals surface area contributed by atoms with Gasteiger partial charge in [-0.3, -0.25) is 20.1 Å². The minimum Gasteiger partial charge on any atom is -0.399 e. The Bertz CT molecular complexity index is 2140. The van der Waals surface area contributed by atoms with Crippen molar-refractivity contribution in [1.29, 1.82) is 0 Å². The summed E-state index contributed by atoms with van der Waals surface area (Å²) in [6.07, 6.45) is 6.35. The molecule has 0 amide bonds. The minimum atomic E-state index is -3.76. The first kappa shape index (κ1) is 28.3. The SMILES string of the molecule is Nc1ccc(S(=O)(=O)c2cccc3cnccc23)cc1.O=[N+]([O-])c1ccc(S(=O)(=O)c2cccc3cnccc23)cc1.